The zero-order chi connectivity index (χ0) is 69.5. The Labute approximate surface area is 623 Å². The number of ether oxygens (including phenoxy) is 1. The molecule has 0 fully saturated rings. The highest BCUT2D eigenvalue weighted by Crippen LogP contribution is 2.56. The molecular formula is C96H61B2N5OS2. The molecule has 6 heterocycles. The molecule has 18 aromatic rings. The van der Waals surface area contributed by atoms with E-state index < -0.39 is 0 Å². The van der Waals surface area contributed by atoms with Crippen LogP contribution in [0.5, 0.6) is 11.5 Å². The maximum atomic E-state index is 7.61. The molecule has 106 heavy (non-hydrogen) atoms. The molecule has 0 aliphatic carbocycles. The molecule has 10 heteroatoms. The van der Waals surface area contributed by atoms with Crippen molar-refractivity contribution in [3.05, 3.63) is 370 Å². The van der Waals surface area contributed by atoms with Crippen LogP contribution in [0.4, 0.5) is 85.3 Å². The Balaban J connectivity index is 0.907. The van der Waals surface area contributed by atoms with Crippen LogP contribution in [0, 0.1) is 0 Å². The van der Waals surface area contributed by atoms with Crippen LogP contribution in [-0.4, -0.2) is 13.4 Å². The fraction of sp³-hybridized carbons (Fsp3) is 0. The predicted molar refractivity (Wildman–Crippen MR) is 452 cm³/mol. The van der Waals surface area contributed by atoms with E-state index >= 15 is 0 Å². The Morgan fingerprint density at radius 1 is 0.264 bits per heavy atom. The molecule has 0 saturated carbocycles. The van der Waals surface area contributed by atoms with Gasteiger partial charge in [-0.15, -0.1) is 22.7 Å². The standard InChI is InChI=1S/C96H61B2N5OS2/c1-7-30-62(31-8-1)70-44-27-45-71(63-32-9-2-10-33-63)96(70)103-82-61-81-76(60-77(82)97-74-46-21-23-48-78(74)101(67-40-17-6-18-41-67)83-56-68(57-84(103)94(83)97)99(64-34-11-3-12-35-64)65-36-13-4-14-37-65)98-75-47-22-24-51-86(75)104-87-59-69(58-85(95(87)98)102(81)80-50-29-55-91-93(80)73-43-20-26-53-89(73)106-91)100(66-38-15-5-16-39-66)79-49-28-54-90-92(79)72-42-19-25-52-88(72)105-90/h1-61H. The third kappa shape index (κ3) is 9.31. The molecule has 0 atom stereocenters. The maximum absolute atomic E-state index is 7.61. The largest absolute Gasteiger partial charge is 0.458 e. The highest BCUT2D eigenvalue weighted by molar-refractivity contribution is 7.26. The smallest absolute Gasteiger partial charge is 0.256 e. The van der Waals surface area contributed by atoms with Crippen molar-refractivity contribution in [2.45, 2.75) is 0 Å². The first-order valence-corrected chi connectivity index (χ1v) is 37.9. The molecule has 4 aliphatic heterocycles. The Kier molecular flexibility index (Phi) is 13.8. The number of rotatable bonds is 11. The van der Waals surface area contributed by atoms with Gasteiger partial charge in [0.25, 0.3) is 13.4 Å². The number of benzene rings is 16. The summed E-state index contributed by atoms with van der Waals surface area (Å²) in [6, 6.07) is 137. The van der Waals surface area contributed by atoms with Crippen LogP contribution in [0.25, 0.3) is 62.6 Å². The van der Waals surface area contributed by atoms with Gasteiger partial charge in [-0.05, 0) is 165 Å². The van der Waals surface area contributed by atoms with Gasteiger partial charge in [-0.2, -0.15) is 0 Å². The second-order valence-corrected chi connectivity index (χ2v) is 29.9. The lowest BCUT2D eigenvalue weighted by molar-refractivity contribution is 0.487. The lowest BCUT2D eigenvalue weighted by Crippen LogP contribution is -2.64. The molecule has 6 nitrogen and oxygen atoms in total. The first-order chi connectivity index (χ1) is 52.6. The van der Waals surface area contributed by atoms with Crippen LogP contribution in [0.3, 0.4) is 0 Å². The summed E-state index contributed by atoms with van der Waals surface area (Å²) in [7, 11) is 0. The van der Waals surface area contributed by atoms with Crippen molar-refractivity contribution in [1.82, 2.24) is 0 Å². The SMILES string of the molecule is c1ccc(-c2cccc(-c3ccccc3)c2N2c3cc4c(cc3B3c5ccccc5N(c5ccccc5)c5cc(N(c6ccccc6)c6ccccc6)cc2c53)B2c3ccccc3Oc3cc(N(c5ccccc5)c5cccc6sc7ccccc7c56)cc(c32)N4c2cccc3sc4ccccc4c23)cc1. The van der Waals surface area contributed by atoms with Gasteiger partial charge >= 0.3 is 0 Å². The van der Waals surface area contributed by atoms with Gasteiger partial charge in [-0.1, -0.05) is 243 Å². The van der Waals surface area contributed by atoms with Crippen LogP contribution in [0.2, 0.25) is 0 Å². The van der Waals surface area contributed by atoms with Crippen LogP contribution < -0.4 is 62.0 Å². The third-order valence-corrected chi connectivity index (χ3v) is 24.3. The first-order valence-electron chi connectivity index (χ1n) is 36.3. The van der Waals surface area contributed by atoms with E-state index in [2.05, 4.69) is 395 Å². The van der Waals surface area contributed by atoms with Crippen molar-refractivity contribution in [1.29, 1.82) is 0 Å². The topological polar surface area (TPSA) is 25.4 Å². The molecule has 0 bridgehead atoms. The van der Waals surface area contributed by atoms with Gasteiger partial charge < -0.3 is 29.2 Å². The summed E-state index contributed by atoms with van der Waals surface area (Å²) in [6.07, 6.45) is 0. The fourth-order valence-electron chi connectivity index (χ4n) is 17.7. The van der Waals surface area contributed by atoms with Crippen molar-refractivity contribution in [3.63, 3.8) is 0 Å². The fourth-order valence-corrected chi connectivity index (χ4v) is 19.9. The van der Waals surface area contributed by atoms with Crippen LogP contribution in [0.15, 0.2) is 370 Å². The van der Waals surface area contributed by atoms with E-state index in [0.717, 1.165) is 130 Å². The number of para-hydroxylation sites is 7. The van der Waals surface area contributed by atoms with E-state index in [4.69, 9.17) is 4.74 Å². The highest BCUT2D eigenvalue weighted by Gasteiger charge is 2.49. The number of anilines is 15. The number of thiophene rings is 2. The van der Waals surface area contributed by atoms with E-state index in [1.54, 1.807) is 0 Å². The Morgan fingerprint density at radius 3 is 1.36 bits per heavy atom. The molecule has 494 valence electrons. The number of hydrogen-bond donors (Lipinski definition) is 0. The molecule has 16 aromatic carbocycles. The average molecular weight is 1390 g/mol. The Bertz CT molecular complexity index is 6460. The lowest BCUT2D eigenvalue weighted by Gasteiger charge is -2.47. The van der Waals surface area contributed by atoms with Gasteiger partial charge in [0, 0.05) is 114 Å². The van der Waals surface area contributed by atoms with Crippen molar-refractivity contribution in [3.8, 4) is 33.8 Å². The molecule has 0 spiro atoms. The van der Waals surface area contributed by atoms with Crippen molar-refractivity contribution >= 4 is 195 Å². The van der Waals surface area contributed by atoms with Gasteiger partial charge in [-0.3, -0.25) is 0 Å². The van der Waals surface area contributed by atoms with Gasteiger partial charge in [-0.25, -0.2) is 0 Å². The minimum absolute atomic E-state index is 0.260. The molecule has 0 saturated heterocycles. The minimum atomic E-state index is -0.272. The highest BCUT2D eigenvalue weighted by atomic mass is 32.1. The van der Waals surface area contributed by atoms with E-state index in [1.807, 2.05) is 22.7 Å². The van der Waals surface area contributed by atoms with Crippen LogP contribution in [0.1, 0.15) is 0 Å². The molecule has 2 aromatic heterocycles. The normalized spacial score (nSPS) is 12.9. The van der Waals surface area contributed by atoms with Gasteiger partial charge in [0.2, 0.25) is 0 Å². The molecule has 0 unspecified atom stereocenters. The van der Waals surface area contributed by atoms with Crippen molar-refractivity contribution in [2.75, 3.05) is 24.5 Å². The molecule has 4 aliphatic rings. The van der Waals surface area contributed by atoms with Gasteiger partial charge in [0.15, 0.2) is 0 Å². The molecule has 0 amide bonds. The summed E-state index contributed by atoms with van der Waals surface area (Å²) in [4.78, 5) is 12.8. The first kappa shape index (κ1) is 60.5. The monoisotopic (exact) mass is 1390 g/mol. The number of nitrogens with zero attached hydrogens (tertiary/aromatic N) is 5. The van der Waals surface area contributed by atoms with Gasteiger partial charge in [0.05, 0.1) is 28.4 Å². The maximum Gasteiger partial charge on any atom is 0.256 e. The Morgan fingerprint density at radius 2 is 0.717 bits per heavy atom. The van der Waals surface area contributed by atoms with E-state index in [0.29, 0.717) is 0 Å². The second kappa shape index (κ2) is 24.3. The molecule has 0 radical (unpaired) electrons. The summed E-state index contributed by atoms with van der Waals surface area (Å²) in [5, 5.41) is 4.87. The van der Waals surface area contributed by atoms with Crippen LogP contribution >= 0.6 is 22.7 Å². The summed E-state index contributed by atoms with van der Waals surface area (Å²) < 4.78 is 12.6. The third-order valence-electron chi connectivity index (χ3n) is 22.0. The molecular weight excluding hydrogens is 1320 g/mol. The van der Waals surface area contributed by atoms with E-state index in [9.17, 15) is 0 Å². The number of hydrogen-bond acceptors (Lipinski definition) is 8. The van der Waals surface area contributed by atoms with Gasteiger partial charge in [0.1, 0.15) is 11.5 Å². The molecule has 0 N–H and O–H groups in total. The zero-order valence-corrected chi connectivity index (χ0v) is 59.0. The quantitative estimate of drug-likeness (QED) is 0.120. The Hall–Kier alpha value is -13.1. The number of fused-ring (bicyclic) bond motifs is 14. The predicted octanol–water partition coefficient (Wildman–Crippen LogP) is 23.2. The summed E-state index contributed by atoms with van der Waals surface area (Å²) in [6.45, 7) is -0.532. The summed E-state index contributed by atoms with van der Waals surface area (Å²) in [5.74, 6) is 1.67. The zero-order valence-electron chi connectivity index (χ0n) is 57.3. The summed E-state index contributed by atoms with van der Waals surface area (Å²) >= 11 is 3.71. The minimum Gasteiger partial charge on any atom is -0.458 e. The lowest BCUT2D eigenvalue weighted by atomic mass is 9.30. The van der Waals surface area contributed by atoms with E-state index in [-0.39, 0.29) is 13.4 Å². The van der Waals surface area contributed by atoms with Crippen LogP contribution in [-0.2, 0) is 0 Å². The average Bonchev–Trinajstić information content (AvgIpc) is 0.771. The van der Waals surface area contributed by atoms with Crippen molar-refractivity contribution in [2.24, 2.45) is 0 Å². The van der Waals surface area contributed by atoms with Crippen molar-refractivity contribution < 1.29 is 4.74 Å². The second-order valence-electron chi connectivity index (χ2n) is 27.8. The summed E-state index contributed by atoms with van der Waals surface area (Å²) in [5.41, 5.74) is 27.6. The van der Waals surface area contributed by atoms with E-state index in [1.165, 1.54) is 62.2 Å². The molecule has 22 rings (SSSR count).